The van der Waals surface area contributed by atoms with Gasteiger partial charge in [-0.1, -0.05) is 59.8 Å². The molecule has 0 N–H and O–H groups in total. The van der Waals surface area contributed by atoms with Crippen LogP contribution in [0.4, 0.5) is 0 Å². The molecule has 0 unspecified atom stereocenters. The van der Waals surface area contributed by atoms with Crippen LogP contribution in [0.25, 0.3) is 27.4 Å². The summed E-state index contributed by atoms with van der Waals surface area (Å²) in [6.07, 6.45) is 1.95. The molecule has 0 amide bonds. The minimum atomic E-state index is -0.0782. The molecule has 4 nitrogen and oxygen atoms in total. The second-order valence-electron chi connectivity index (χ2n) is 5.61. The quantitative estimate of drug-likeness (QED) is 0.500. The third kappa shape index (κ3) is 2.88. The van der Waals surface area contributed by atoms with E-state index in [9.17, 15) is 4.79 Å². The van der Waals surface area contributed by atoms with E-state index in [-0.39, 0.29) is 5.56 Å². The molecule has 0 aliphatic rings. The van der Waals surface area contributed by atoms with Crippen LogP contribution in [0.2, 0.25) is 0 Å². The van der Waals surface area contributed by atoms with Crippen molar-refractivity contribution in [2.75, 3.05) is 6.26 Å². The van der Waals surface area contributed by atoms with Crippen molar-refractivity contribution in [1.29, 1.82) is 0 Å². The number of rotatable bonds is 3. The standard InChI is InChI=1S/C19H15N3OS2/c1-12-8-10-14(11-9-12)22-17(13-6-4-3-5-7-13)20-16-15(18(22)23)25-19(21-16)24-2/h3-11H,1-2H3. The number of aryl methyl sites for hydroxylation is 1. The normalized spacial score (nSPS) is 11.1. The lowest BCUT2D eigenvalue weighted by atomic mass is 10.2. The first-order valence-corrected chi connectivity index (χ1v) is 9.81. The molecule has 0 saturated heterocycles. The molecule has 0 bridgehead atoms. The third-order valence-electron chi connectivity index (χ3n) is 3.91. The molecule has 0 aliphatic carbocycles. The fourth-order valence-electron chi connectivity index (χ4n) is 2.66. The van der Waals surface area contributed by atoms with Crippen LogP contribution in [-0.2, 0) is 0 Å². The Bertz CT molecular complexity index is 1100. The SMILES string of the molecule is CSc1nc2nc(-c3ccccc3)n(-c3ccc(C)cc3)c(=O)c2s1. The van der Waals surface area contributed by atoms with Crippen LogP contribution in [0.1, 0.15) is 5.56 Å². The van der Waals surface area contributed by atoms with Crippen LogP contribution in [0.15, 0.2) is 63.7 Å². The van der Waals surface area contributed by atoms with Crippen LogP contribution in [0.5, 0.6) is 0 Å². The van der Waals surface area contributed by atoms with Gasteiger partial charge < -0.3 is 0 Å². The summed E-state index contributed by atoms with van der Waals surface area (Å²) in [4.78, 5) is 22.4. The minimum absolute atomic E-state index is 0.0782. The van der Waals surface area contributed by atoms with E-state index in [1.165, 1.54) is 23.1 Å². The number of fused-ring (bicyclic) bond motifs is 1. The Kier molecular flexibility index (Phi) is 4.15. The molecule has 4 rings (SSSR count). The van der Waals surface area contributed by atoms with Gasteiger partial charge in [0.15, 0.2) is 9.99 Å². The number of hydrogen-bond donors (Lipinski definition) is 0. The van der Waals surface area contributed by atoms with Gasteiger partial charge in [-0.3, -0.25) is 9.36 Å². The predicted molar refractivity (Wildman–Crippen MR) is 105 cm³/mol. The highest BCUT2D eigenvalue weighted by atomic mass is 32.2. The van der Waals surface area contributed by atoms with Crippen molar-refractivity contribution in [3.8, 4) is 17.1 Å². The van der Waals surface area contributed by atoms with Gasteiger partial charge in [0.2, 0.25) is 0 Å². The molecular weight excluding hydrogens is 350 g/mol. The zero-order valence-electron chi connectivity index (χ0n) is 13.8. The average Bonchev–Trinajstić information content (AvgIpc) is 3.07. The topological polar surface area (TPSA) is 47.8 Å². The molecule has 4 aromatic rings. The summed E-state index contributed by atoms with van der Waals surface area (Å²) in [7, 11) is 0. The molecular formula is C19H15N3OS2. The Morgan fingerprint density at radius 2 is 1.72 bits per heavy atom. The summed E-state index contributed by atoms with van der Waals surface area (Å²) >= 11 is 2.92. The average molecular weight is 365 g/mol. The van der Waals surface area contributed by atoms with E-state index >= 15 is 0 Å². The van der Waals surface area contributed by atoms with Crippen molar-refractivity contribution >= 4 is 33.4 Å². The van der Waals surface area contributed by atoms with Crippen molar-refractivity contribution in [3.63, 3.8) is 0 Å². The molecule has 0 saturated carbocycles. The van der Waals surface area contributed by atoms with Crippen molar-refractivity contribution < 1.29 is 0 Å². The van der Waals surface area contributed by atoms with Crippen LogP contribution < -0.4 is 5.56 Å². The number of benzene rings is 2. The first-order chi connectivity index (χ1) is 12.2. The summed E-state index contributed by atoms with van der Waals surface area (Å²) in [6, 6.07) is 17.7. The van der Waals surface area contributed by atoms with E-state index in [0.717, 1.165) is 21.2 Å². The second-order valence-corrected chi connectivity index (χ2v) is 7.67. The molecule has 0 atom stereocenters. The van der Waals surface area contributed by atoms with Crippen LogP contribution in [0, 0.1) is 6.92 Å². The molecule has 25 heavy (non-hydrogen) atoms. The van der Waals surface area contributed by atoms with Gasteiger partial charge in [-0.05, 0) is 25.3 Å². The van der Waals surface area contributed by atoms with Gasteiger partial charge in [0.05, 0.1) is 5.69 Å². The highest BCUT2D eigenvalue weighted by Gasteiger charge is 2.17. The largest absolute Gasteiger partial charge is 0.278 e. The summed E-state index contributed by atoms with van der Waals surface area (Å²) in [5.74, 6) is 0.611. The Labute approximate surface area is 153 Å². The Balaban J connectivity index is 2.08. The van der Waals surface area contributed by atoms with Gasteiger partial charge >= 0.3 is 0 Å². The predicted octanol–water partition coefficient (Wildman–Crippen LogP) is 4.54. The molecule has 2 heterocycles. The molecule has 2 aromatic carbocycles. The Hall–Kier alpha value is -2.44. The molecule has 2 aromatic heterocycles. The van der Waals surface area contributed by atoms with Gasteiger partial charge in [0, 0.05) is 5.56 Å². The maximum Gasteiger partial charge on any atom is 0.278 e. The number of hydrogen-bond acceptors (Lipinski definition) is 5. The maximum absolute atomic E-state index is 13.2. The van der Waals surface area contributed by atoms with Crippen LogP contribution in [0.3, 0.4) is 0 Å². The molecule has 0 fully saturated rings. The van der Waals surface area contributed by atoms with Crippen LogP contribution in [-0.4, -0.2) is 20.8 Å². The van der Waals surface area contributed by atoms with Gasteiger partial charge in [-0.25, -0.2) is 9.97 Å². The third-order valence-corrected chi connectivity index (χ3v) is 5.93. The summed E-state index contributed by atoms with van der Waals surface area (Å²) in [6.45, 7) is 2.03. The van der Waals surface area contributed by atoms with Gasteiger partial charge in [-0.2, -0.15) is 0 Å². The van der Waals surface area contributed by atoms with Crippen molar-refractivity contribution in [3.05, 3.63) is 70.5 Å². The number of thiazole rings is 1. The first-order valence-electron chi connectivity index (χ1n) is 7.77. The summed E-state index contributed by atoms with van der Waals surface area (Å²) in [5, 5.41) is 0. The molecule has 0 radical (unpaired) electrons. The molecule has 0 aliphatic heterocycles. The van der Waals surface area contributed by atoms with Crippen molar-refractivity contribution in [2.45, 2.75) is 11.3 Å². The van der Waals surface area contributed by atoms with Crippen molar-refractivity contribution in [2.24, 2.45) is 0 Å². The minimum Gasteiger partial charge on any atom is -0.267 e. The lowest BCUT2D eigenvalue weighted by Gasteiger charge is -2.12. The highest BCUT2D eigenvalue weighted by Crippen LogP contribution is 2.28. The summed E-state index contributed by atoms with van der Waals surface area (Å²) in [5.41, 5.74) is 3.28. The van der Waals surface area contributed by atoms with E-state index in [0.29, 0.717) is 16.2 Å². The molecule has 0 spiro atoms. The second kappa shape index (κ2) is 6.46. The first kappa shape index (κ1) is 16.1. The molecule has 6 heteroatoms. The van der Waals surface area contributed by atoms with E-state index in [1.54, 1.807) is 4.57 Å². The van der Waals surface area contributed by atoms with E-state index in [2.05, 4.69) is 4.98 Å². The highest BCUT2D eigenvalue weighted by molar-refractivity contribution is 8.00. The lowest BCUT2D eigenvalue weighted by molar-refractivity contribution is 0.972. The van der Waals surface area contributed by atoms with E-state index < -0.39 is 0 Å². The molecule has 124 valence electrons. The van der Waals surface area contributed by atoms with E-state index in [1.807, 2.05) is 67.8 Å². The monoisotopic (exact) mass is 365 g/mol. The van der Waals surface area contributed by atoms with Crippen LogP contribution >= 0.6 is 23.1 Å². The number of thioether (sulfide) groups is 1. The number of nitrogens with zero attached hydrogens (tertiary/aromatic N) is 3. The zero-order valence-corrected chi connectivity index (χ0v) is 15.4. The number of aromatic nitrogens is 3. The van der Waals surface area contributed by atoms with Gasteiger partial charge in [0.1, 0.15) is 10.5 Å². The van der Waals surface area contributed by atoms with Gasteiger partial charge in [0.25, 0.3) is 5.56 Å². The maximum atomic E-state index is 13.2. The van der Waals surface area contributed by atoms with Gasteiger partial charge in [-0.15, -0.1) is 11.3 Å². The van der Waals surface area contributed by atoms with Crippen molar-refractivity contribution in [1.82, 2.24) is 14.5 Å². The van der Waals surface area contributed by atoms with E-state index in [4.69, 9.17) is 4.98 Å². The fraction of sp³-hybridized carbons (Fsp3) is 0.105. The fourth-order valence-corrected chi connectivity index (χ4v) is 4.09. The lowest BCUT2D eigenvalue weighted by Crippen LogP contribution is -2.21. The Morgan fingerprint density at radius 1 is 1.00 bits per heavy atom. The summed E-state index contributed by atoms with van der Waals surface area (Å²) < 4.78 is 3.12. The zero-order chi connectivity index (χ0) is 17.4. The smallest absolute Gasteiger partial charge is 0.267 e. The Morgan fingerprint density at radius 3 is 2.40 bits per heavy atom.